The van der Waals surface area contributed by atoms with Crippen LogP contribution in [0.5, 0.6) is 6.01 Å². The maximum atomic E-state index is 12.9. The van der Waals surface area contributed by atoms with Crippen molar-refractivity contribution in [2.45, 2.75) is 25.9 Å². The van der Waals surface area contributed by atoms with Gasteiger partial charge in [0.25, 0.3) is 11.6 Å². The SMILES string of the molecule is Cc1ccc(C(=O)N2CCCC(Oc3ncc(F)cn3)C2)cc1[N+](=O)[O-]. The summed E-state index contributed by atoms with van der Waals surface area (Å²) in [6, 6.07) is 4.50. The van der Waals surface area contributed by atoms with E-state index in [1.807, 2.05) is 0 Å². The molecule has 2 heterocycles. The molecule has 1 amide bonds. The van der Waals surface area contributed by atoms with Gasteiger partial charge in [-0.05, 0) is 25.8 Å². The monoisotopic (exact) mass is 360 g/mol. The molecule has 1 saturated heterocycles. The molecule has 1 unspecified atom stereocenters. The summed E-state index contributed by atoms with van der Waals surface area (Å²) in [4.78, 5) is 32.4. The first-order valence-electron chi connectivity index (χ1n) is 8.12. The molecule has 2 aromatic rings. The van der Waals surface area contributed by atoms with Gasteiger partial charge in [-0.3, -0.25) is 14.9 Å². The summed E-state index contributed by atoms with van der Waals surface area (Å²) in [7, 11) is 0. The predicted octanol–water partition coefficient (Wildman–Crippen LogP) is 2.52. The third kappa shape index (κ3) is 3.93. The molecule has 3 rings (SSSR count). The van der Waals surface area contributed by atoms with Crippen molar-refractivity contribution in [1.82, 2.24) is 14.9 Å². The van der Waals surface area contributed by atoms with E-state index in [1.165, 1.54) is 6.07 Å². The molecule has 0 bridgehead atoms. The number of hydrogen-bond donors (Lipinski definition) is 0. The smallest absolute Gasteiger partial charge is 0.316 e. The summed E-state index contributed by atoms with van der Waals surface area (Å²) in [5.41, 5.74) is 0.682. The lowest BCUT2D eigenvalue weighted by molar-refractivity contribution is -0.385. The van der Waals surface area contributed by atoms with Crippen molar-refractivity contribution >= 4 is 11.6 Å². The summed E-state index contributed by atoms with van der Waals surface area (Å²) >= 11 is 0. The highest BCUT2D eigenvalue weighted by molar-refractivity contribution is 5.95. The summed E-state index contributed by atoms with van der Waals surface area (Å²) in [5, 5.41) is 11.1. The summed E-state index contributed by atoms with van der Waals surface area (Å²) < 4.78 is 18.5. The number of aromatic nitrogens is 2. The lowest BCUT2D eigenvalue weighted by Crippen LogP contribution is -2.44. The molecule has 0 N–H and O–H groups in total. The van der Waals surface area contributed by atoms with Crippen LogP contribution in [0.2, 0.25) is 0 Å². The number of nitrogens with zero attached hydrogens (tertiary/aromatic N) is 4. The molecule has 9 heteroatoms. The molecular formula is C17H17FN4O4. The number of nitro groups is 1. The van der Waals surface area contributed by atoms with Gasteiger partial charge in [0.2, 0.25) is 0 Å². The number of amides is 1. The fraction of sp³-hybridized carbons (Fsp3) is 0.353. The minimum absolute atomic E-state index is 0.0525. The Bertz CT molecular complexity index is 828. The van der Waals surface area contributed by atoms with E-state index in [9.17, 15) is 19.3 Å². The Kier molecular flexibility index (Phi) is 5.06. The number of likely N-dealkylation sites (tertiary alicyclic amines) is 1. The molecule has 1 aromatic carbocycles. The zero-order chi connectivity index (χ0) is 18.7. The molecule has 1 aliphatic heterocycles. The number of nitro benzene ring substituents is 1. The Morgan fingerprint density at radius 1 is 1.38 bits per heavy atom. The molecule has 0 saturated carbocycles. The molecule has 136 valence electrons. The summed E-state index contributed by atoms with van der Waals surface area (Å²) in [6.45, 7) is 2.46. The van der Waals surface area contributed by atoms with Crippen LogP contribution in [-0.2, 0) is 0 Å². The molecular weight excluding hydrogens is 343 g/mol. The Morgan fingerprint density at radius 3 is 2.81 bits per heavy atom. The number of halogens is 1. The van der Waals surface area contributed by atoms with Crippen LogP contribution in [0.15, 0.2) is 30.6 Å². The van der Waals surface area contributed by atoms with E-state index in [4.69, 9.17) is 4.74 Å². The van der Waals surface area contributed by atoms with E-state index in [0.29, 0.717) is 31.5 Å². The number of rotatable bonds is 4. The van der Waals surface area contributed by atoms with Crippen LogP contribution in [0.4, 0.5) is 10.1 Å². The Balaban J connectivity index is 1.70. The second-order valence-electron chi connectivity index (χ2n) is 6.08. The van der Waals surface area contributed by atoms with Crippen LogP contribution in [0, 0.1) is 22.9 Å². The first kappa shape index (κ1) is 17.7. The van der Waals surface area contributed by atoms with Crippen molar-refractivity contribution in [2.75, 3.05) is 13.1 Å². The minimum atomic E-state index is -0.557. The molecule has 0 spiro atoms. The second-order valence-corrected chi connectivity index (χ2v) is 6.08. The lowest BCUT2D eigenvalue weighted by atomic mass is 10.1. The van der Waals surface area contributed by atoms with Crippen molar-refractivity contribution in [2.24, 2.45) is 0 Å². The van der Waals surface area contributed by atoms with Crippen molar-refractivity contribution in [1.29, 1.82) is 0 Å². The van der Waals surface area contributed by atoms with Crippen molar-refractivity contribution in [3.8, 4) is 6.01 Å². The fourth-order valence-electron chi connectivity index (χ4n) is 2.85. The fourth-order valence-corrected chi connectivity index (χ4v) is 2.85. The van der Waals surface area contributed by atoms with E-state index >= 15 is 0 Å². The van der Waals surface area contributed by atoms with Gasteiger partial charge in [-0.2, -0.15) is 0 Å². The maximum absolute atomic E-state index is 12.9. The predicted molar refractivity (Wildman–Crippen MR) is 89.4 cm³/mol. The topological polar surface area (TPSA) is 98.5 Å². The Hall–Kier alpha value is -3.10. The number of benzene rings is 1. The molecule has 1 fully saturated rings. The van der Waals surface area contributed by atoms with E-state index in [-0.39, 0.29) is 29.3 Å². The normalized spacial score (nSPS) is 17.0. The van der Waals surface area contributed by atoms with Gasteiger partial charge in [-0.15, -0.1) is 0 Å². The van der Waals surface area contributed by atoms with Gasteiger partial charge in [-0.25, -0.2) is 14.4 Å². The Morgan fingerprint density at radius 2 is 2.12 bits per heavy atom. The van der Waals surface area contributed by atoms with Crippen molar-refractivity contribution < 1.29 is 18.8 Å². The maximum Gasteiger partial charge on any atom is 0.316 e. The quantitative estimate of drug-likeness (QED) is 0.614. The Labute approximate surface area is 148 Å². The average Bonchev–Trinajstić information content (AvgIpc) is 2.63. The number of ether oxygens (including phenoxy) is 1. The van der Waals surface area contributed by atoms with Gasteiger partial charge in [0.1, 0.15) is 6.10 Å². The highest BCUT2D eigenvalue weighted by Crippen LogP contribution is 2.22. The lowest BCUT2D eigenvalue weighted by Gasteiger charge is -2.32. The van der Waals surface area contributed by atoms with Gasteiger partial charge in [0.15, 0.2) is 5.82 Å². The summed E-state index contributed by atoms with van der Waals surface area (Å²) in [6.07, 6.45) is 3.13. The minimum Gasteiger partial charge on any atom is -0.458 e. The third-order valence-electron chi connectivity index (χ3n) is 4.19. The number of carbonyl (C=O) groups excluding carboxylic acids is 1. The molecule has 1 atom stereocenters. The van der Waals surface area contributed by atoms with E-state index in [1.54, 1.807) is 24.0 Å². The van der Waals surface area contributed by atoms with Gasteiger partial charge < -0.3 is 9.64 Å². The summed E-state index contributed by atoms with van der Waals surface area (Å²) in [5.74, 6) is -0.847. The molecule has 1 aliphatic rings. The van der Waals surface area contributed by atoms with Crippen LogP contribution in [-0.4, -0.2) is 44.9 Å². The molecule has 26 heavy (non-hydrogen) atoms. The van der Waals surface area contributed by atoms with E-state index in [2.05, 4.69) is 9.97 Å². The molecule has 8 nitrogen and oxygen atoms in total. The van der Waals surface area contributed by atoms with Crippen molar-refractivity contribution in [3.63, 3.8) is 0 Å². The standard InChI is InChI=1S/C17H17FN4O4/c1-11-4-5-12(7-15(11)22(24)25)16(23)21-6-2-3-14(10-21)26-17-19-8-13(18)9-20-17/h4-5,7-9,14H,2-3,6,10H2,1H3. The molecule has 0 aliphatic carbocycles. The number of piperidine rings is 1. The van der Waals surface area contributed by atoms with Crippen LogP contribution < -0.4 is 4.74 Å². The van der Waals surface area contributed by atoms with E-state index in [0.717, 1.165) is 12.4 Å². The van der Waals surface area contributed by atoms with Crippen molar-refractivity contribution in [3.05, 3.63) is 57.7 Å². The van der Waals surface area contributed by atoms with Gasteiger partial charge in [0.05, 0.1) is 23.9 Å². The first-order chi connectivity index (χ1) is 12.4. The van der Waals surface area contributed by atoms with Crippen LogP contribution in [0.25, 0.3) is 0 Å². The van der Waals surface area contributed by atoms with Crippen LogP contribution in [0.3, 0.4) is 0 Å². The van der Waals surface area contributed by atoms with Gasteiger partial charge in [0, 0.05) is 23.7 Å². The molecule has 1 aromatic heterocycles. The zero-order valence-electron chi connectivity index (χ0n) is 14.1. The van der Waals surface area contributed by atoms with Crippen LogP contribution >= 0.6 is 0 Å². The van der Waals surface area contributed by atoms with Gasteiger partial charge >= 0.3 is 6.01 Å². The third-order valence-corrected chi connectivity index (χ3v) is 4.19. The second kappa shape index (κ2) is 7.42. The highest BCUT2D eigenvalue weighted by atomic mass is 19.1. The number of carbonyl (C=O) groups is 1. The first-order valence-corrected chi connectivity index (χ1v) is 8.12. The largest absolute Gasteiger partial charge is 0.458 e. The van der Waals surface area contributed by atoms with Gasteiger partial charge in [-0.1, -0.05) is 6.07 Å². The van der Waals surface area contributed by atoms with Crippen LogP contribution in [0.1, 0.15) is 28.8 Å². The van der Waals surface area contributed by atoms with E-state index < -0.39 is 10.7 Å². The average molecular weight is 360 g/mol. The number of hydrogen-bond acceptors (Lipinski definition) is 6. The number of aryl methyl sites for hydroxylation is 1. The highest BCUT2D eigenvalue weighted by Gasteiger charge is 2.27. The molecule has 0 radical (unpaired) electrons. The zero-order valence-corrected chi connectivity index (χ0v) is 14.1.